The molecule has 0 fully saturated rings. The van der Waals surface area contributed by atoms with Gasteiger partial charge in [0.15, 0.2) is 11.2 Å². The van der Waals surface area contributed by atoms with Gasteiger partial charge in [-0.3, -0.25) is 9.78 Å². The molecule has 3 atom stereocenters. The molecule has 4 N–H and O–H groups in total. The van der Waals surface area contributed by atoms with Crippen molar-refractivity contribution in [2.75, 3.05) is 18.9 Å². The van der Waals surface area contributed by atoms with E-state index in [1.165, 1.54) is 32.1 Å². The van der Waals surface area contributed by atoms with Crippen molar-refractivity contribution in [3.05, 3.63) is 64.7 Å². The summed E-state index contributed by atoms with van der Waals surface area (Å²) in [6, 6.07) is 8.69. The average Bonchev–Trinajstić information content (AvgIpc) is 3.53. The molecule has 0 saturated heterocycles. The van der Waals surface area contributed by atoms with E-state index in [1.807, 2.05) is 48.7 Å². The van der Waals surface area contributed by atoms with Crippen molar-refractivity contribution < 1.29 is 23.8 Å². The fourth-order valence-corrected chi connectivity index (χ4v) is 5.97. The van der Waals surface area contributed by atoms with Crippen LogP contribution >= 0.6 is 0 Å². The van der Waals surface area contributed by atoms with Crippen molar-refractivity contribution in [3.8, 4) is 0 Å². The van der Waals surface area contributed by atoms with Crippen LogP contribution in [0.5, 0.6) is 0 Å². The zero-order valence-corrected chi connectivity index (χ0v) is 31.8. The number of carbonyl (C=O) groups excluding carboxylic acids is 2. The zero-order chi connectivity index (χ0) is 37.6. The molecule has 0 radical (unpaired) electrons. The Hall–Kier alpha value is -4.19. The number of H-pyrrole nitrogens is 1. The molecule has 0 bridgehead atoms. The Labute approximate surface area is 309 Å². The number of alkyl carbamates (subject to hydrolysis) is 1. The molecular formula is C40H62N6O6. The summed E-state index contributed by atoms with van der Waals surface area (Å²) in [5.74, 6) is -0.185. The SMILES string of the molecule is CCC(CCCCCC=CCCCCCCCCOC(=O)[C@@H](NC(=O)OCc1ccccc1)C(C)C)OCC(C)Cn1cnc2c(=O)[nH]c(N)nc21. The van der Waals surface area contributed by atoms with Crippen LogP contribution in [0.3, 0.4) is 0 Å². The van der Waals surface area contributed by atoms with E-state index in [-0.39, 0.29) is 36.1 Å². The molecule has 0 spiro atoms. The van der Waals surface area contributed by atoms with E-state index < -0.39 is 18.1 Å². The maximum Gasteiger partial charge on any atom is 0.408 e. The number of fused-ring (bicyclic) bond motifs is 1. The number of aromatic amines is 1. The lowest BCUT2D eigenvalue weighted by atomic mass is 10.1. The quantitative estimate of drug-likeness (QED) is 0.0425. The summed E-state index contributed by atoms with van der Waals surface area (Å²) < 4.78 is 18.8. The molecule has 0 saturated carbocycles. The maximum atomic E-state index is 12.6. The summed E-state index contributed by atoms with van der Waals surface area (Å²) in [7, 11) is 0. The molecule has 52 heavy (non-hydrogen) atoms. The second kappa shape index (κ2) is 24.1. The summed E-state index contributed by atoms with van der Waals surface area (Å²) in [4.78, 5) is 47.7. The van der Waals surface area contributed by atoms with Crippen molar-refractivity contribution in [2.24, 2.45) is 11.8 Å². The minimum absolute atomic E-state index is 0.0938. The molecule has 3 rings (SSSR count). The van der Waals surface area contributed by atoms with E-state index in [0.717, 1.165) is 56.9 Å². The summed E-state index contributed by atoms with van der Waals surface area (Å²) in [5.41, 5.74) is 7.09. The Bertz CT molecular complexity index is 1540. The number of rotatable bonds is 26. The van der Waals surface area contributed by atoms with Gasteiger partial charge in [-0.2, -0.15) is 4.98 Å². The van der Waals surface area contributed by atoms with Crippen molar-refractivity contribution >= 4 is 29.2 Å². The third-order valence-electron chi connectivity index (χ3n) is 9.05. The van der Waals surface area contributed by atoms with Gasteiger partial charge in [-0.1, -0.05) is 109 Å². The molecule has 1 amide bonds. The Balaban J connectivity index is 1.13. The van der Waals surface area contributed by atoms with Gasteiger partial charge in [0.1, 0.15) is 12.6 Å². The number of nitrogen functional groups attached to an aromatic ring is 1. The number of nitrogens with zero attached hydrogens (tertiary/aromatic N) is 3. The molecule has 12 heteroatoms. The third kappa shape index (κ3) is 16.0. The van der Waals surface area contributed by atoms with Crippen molar-refractivity contribution in [1.29, 1.82) is 0 Å². The molecule has 3 aromatic rings. The number of amides is 1. The monoisotopic (exact) mass is 722 g/mol. The number of benzene rings is 1. The van der Waals surface area contributed by atoms with Crippen molar-refractivity contribution in [3.63, 3.8) is 0 Å². The maximum absolute atomic E-state index is 12.6. The fraction of sp³-hybridized carbons (Fsp3) is 0.625. The average molecular weight is 723 g/mol. The van der Waals surface area contributed by atoms with Crippen molar-refractivity contribution in [2.45, 2.75) is 136 Å². The van der Waals surface area contributed by atoms with E-state index in [0.29, 0.717) is 30.9 Å². The molecule has 2 unspecified atom stereocenters. The Morgan fingerprint density at radius 1 is 0.942 bits per heavy atom. The minimum Gasteiger partial charge on any atom is -0.464 e. The largest absolute Gasteiger partial charge is 0.464 e. The summed E-state index contributed by atoms with van der Waals surface area (Å²) in [6.45, 7) is 9.86. The number of unbranched alkanes of at least 4 members (excludes halogenated alkanes) is 9. The number of nitrogens with two attached hydrogens (primary N) is 1. The van der Waals surface area contributed by atoms with E-state index >= 15 is 0 Å². The highest BCUT2D eigenvalue weighted by Crippen LogP contribution is 2.16. The van der Waals surface area contributed by atoms with Crippen LogP contribution in [0, 0.1) is 11.8 Å². The highest BCUT2D eigenvalue weighted by Gasteiger charge is 2.26. The van der Waals surface area contributed by atoms with E-state index in [4.69, 9.17) is 19.9 Å². The summed E-state index contributed by atoms with van der Waals surface area (Å²) in [5, 5.41) is 2.65. The number of hydrogen-bond donors (Lipinski definition) is 3. The van der Waals surface area contributed by atoms with Crippen LogP contribution in [0.2, 0.25) is 0 Å². The van der Waals surface area contributed by atoms with Gasteiger partial charge in [-0.15, -0.1) is 0 Å². The molecule has 0 aliphatic carbocycles. The van der Waals surface area contributed by atoms with Gasteiger partial charge in [0.2, 0.25) is 5.95 Å². The van der Waals surface area contributed by atoms with Gasteiger partial charge in [0, 0.05) is 6.54 Å². The second-order valence-corrected chi connectivity index (χ2v) is 14.1. The first-order valence-corrected chi connectivity index (χ1v) is 19.3. The van der Waals surface area contributed by atoms with E-state index in [2.05, 4.69) is 46.3 Å². The third-order valence-corrected chi connectivity index (χ3v) is 9.05. The van der Waals surface area contributed by atoms with Crippen LogP contribution in [0.15, 0.2) is 53.6 Å². The van der Waals surface area contributed by atoms with Crippen LogP contribution in [0.4, 0.5) is 10.7 Å². The number of esters is 1. The molecule has 0 aliphatic heterocycles. The molecule has 1 aromatic carbocycles. The van der Waals surface area contributed by atoms with E-state index in [9.17, 15) is 14.4 Å². The zero-order valence-electron chi connectivity index (χ0n) is 31.8. The number of hydrogen-bond acceptors (Lipinski definition) is 9. The van der Waals surface area contributed by atoms with Gasteiger partial charge in [0.25, 0.3) is 5.56 Å². The van der Waals surface area contributed by atoms with Gasteiger partial charge >= 0.3 is 12.1 Å². The fourth-order valence-electron chi connectivity index (χ4n) is 5.97. The highest BCUT2D eigenvalue weighted by atomic mass is 16.6. The predicted octanol–water partition coefficient (Wildman–Crippen LogP) is 7.86. The Kier molecular flexibility index (Phi) is 19.6. The van der Waals surface area contributed by atoms with Crippen LogP contribution in [0.1, 0.15) is 117 Å². The molecule has 0 aliphatic rings. The Morgan fingerprint density at radius 2 is 1.62 bits per heavy atom. The molecule has 288 valence electrons. The van der Waals surface area contributed by atoms with Crippen LogP contribution < -0.4 is 16.6 Å². The number of imidazole rings is 1. The Morgan fingerprint density at radius 3 is 2.31 bits per heavy atom. The lowest BCUT2D eigenvalue weighted by Gasteiger charge is -2.20. The molecular weight excluding hydrogens is 660 g/mol. The number of ether oxygens (including phenoxy) is 3. The first-order valence-electron chi connectivity index (χ1n) is 19.3. The summed E-state index contributed by atoms with van der Waals surface area (Å²) in [6.07, 6.45) is 20.3. The van der Waals surface area contributed by atoms with Crippen LogP contribution in [-0.2, 0) is 32.2 Å². The van der Waals surface area contributed by atoms with Gasteiger partial charge in [0.05, 0.1) is 25.6 Å². The van der Waals surface area contributed by atoms with Crippen LogP contribution in [-0.4, -0.2) is 56.9 Å². The highest BCUT2D eigenvalue weighted by molar-refractivity contribution is 5.81. The number of carbonyl (C=O) groups is 2. The van der Waals surface area contributed by atoms with Gasteiger partial charge in [-0.05, 0) is 62.3 Å². The topological polar surface area (TPSA) is 163 Å². The number of allylic oxidation sites excluding steroid dienone is 2. The predicted molar refractivity (Wildman–Crippen MR) is 206 cm³/mol. The molecule has 12 nitrogen and oxygen atoms in total. The number of anilines is 1. The summed E-state index contributed by atoms with van der Waals surface area (Å²) >= 11 is 0. The smallest absolute Gasteiger partial charge is 0.408 e. The first kappa shape index (κ1) is 42.2. The number of aromatic nitrogens is 4. The lowest BCUT2D eigenvalue weighted by molar-refractivity contribution is -0.147. The van der Waals surface area contributed by atoms with Crippen molar-refractivity contribution in [1.82, 2.24) is 24.8 Å². The molecule has 2 heterocycles. The minimum atomic E-state index is -0.734. The van der Waals surface area contributed by atoms with Crippen LogP contribution in [0.25, 0.3) is 11.2 Å². The number of nitrogens with one attached hydrogen (secondary N) is 2. The van der Waals surface area contributed by atoms with E-state index in [1.54, 1.807) is 6.33 Å². The van der Waals surface area contributed by atoms with Gasteiger partial charge < -0.3 is 29.8 Å². The second-order valence-electron chi connectivity index (χ2n) is 14.1. The lowest BCUT2D eigenvalue weighted by Crippen LogP contribution is -2.45. The molecule has 2 aromatic heterocycles. The normalized spacial score (nSPS) is 13.4. The van der Waals surface area contributed by atoms with Gasteiger partial charge in [-0.25, -0.2) is 14.6 Å². The first-order chi connectivity index (χ1) is 25.2. The standard InChI is InChI=1S/C40H62N6O6/c1-5-33(51-27-31(4)26-46-29-42-35-36(46)44-39(41)45-37(35)47)24-20-15-13-11-9-7-6-8-10-12-14-16-21-25-50-38(48)34(30(2)3)43-40(49)52-28-32-22-18-17-19-23-32/h7,9,17-19,22-23,29-31,33-34H,5-6,8,10-16,20-21,24-28H2,1-4H3,(H,43,49)(H3,41,44,45,47)/t31?,33?,34-/m0/s1.